The third kappa shape index (κ3) is 7.95. The maximum atomic E-state index is 11.9. The van der Waals surface area contributed by atoms with Crippen LogP contribution in [0.5, 0.6) is 0 Å². The molecule has 0 aromatic heterocycles. The van der Waals surface area contributed by atoms with Gasteiger partial charge < -0.3 is 20.4 Å². The molecule has 1 amide bonds. The third-order valence-electron chi connectivity index (χ3n) is 5.15. The summed E-state index contributed by atoms with van der Waals surface area (Å²) in [7, 11) is 5.32. The summed E-state index contributed by atoms with van der Waals surface area (Å²) in [5, 5.41) is 6.72. The molecule has 1 unspecified atom stereocenters. The van der Waals surface area contributed by atoms with Gasteiger partial charge in [-0.15, -0.1) is 24.0 Å². The highest BCUT2D eigenvalue weighted by atomic mass is 127. The number of carbonyl (C=O) groups is 1. The molecule has 28 heavy (non-hydrogen) atoms. The van der Waals surface area contributed by atoms with E-state index in [1.165, 1.54) is 25.8 Å². The van der Waals surface area contributed by atoms with Crippen LogP contribution in [0, 0.1) is 0 Å². The molecule has 0 saturated carbocycles. The molecule has 0 bridgehead atoms. The van der Waals surface area contributed by atoms with Gasteiger partial charge in [-0.2, -0.15) is 0 Å². The number of piperidine rings is 1. The van der Waals surface area contributed by atoms with Gasteiger partial charge in [0.15, 0.2) is 5.96 Å². The Morgan fingerprint density at radius 2 is 1.93 bits per heavy atom. The molecule has 1 aliphatic heterocycles. The fraction of sp³-hybridized carbons (Fsp3) is 0.619. The van der Waals surface area contributed by atoms with Gasteiger partial charge in [0.05, 0.1) is 0 Å². The van der Waals surface area contributed by atoms with Crippen LogP contribution in [0.15, 0.2) is 29.3 Å². The number of guanidine groups is 1. The summed E-state index contributed by atoms with van der Waals surface area (Å²) < 4.78 is 0. The van der Waals surface area contributed by atoms with E-state index in [-0.39, 0.29) is 29.9 Å². The van der Waals surface area contributed by atoms with Crippen LogP contribution >= 0.6 is 24.0 Å². The first-order valence-corrected chi connectivity index (χ1v) is 10.0. The number of aliphatic imine (C=N–C) groups is 1. The quantitative estimate of drug-likeness (QED) is 0.261. The van der Waals surface area contributed by atoms with Crippen LogP contribution in [0.2, 0.25) is 0 Å². The molecule has 1 saturated heterocycles. The Bertz CT molecular complexity index is 618. The summed E-state index contributed by atoms with van der Waals surface area (Å²) in [4.78, 5) is 20.4. The van der Waals surface area contributed by atoms with E-state index in [0.717, 1.165) is 37.1 Å². The second kappa shape index (κ2) is 13.0. The van der Waals surface area contributed by atoms with Gasteiger partial charge in [0.2, 0.25) is 0 Å². The predicted molar refractivity (Wildman–Crippen MR) is 128 cm³/mol. The van der Waals surface area contributed by atoms with Crippen LogP contribution in [0.3, 0.4) is 0 Å². The number of amides is 1. The van der Waals surface area contributed by atoms with E-state index in [9.17, 15) is 4.79 Å². The lowest BCUT2D eigenvalue weighted by molar-refractivity contribution is 0.0827. The maximum Gasteiger partial charge on any atom is 0.253 e. The number of nitrogens with zero attached hydrogens (tertiary/aromatic N) is 3. The Kier molecular flexibility index (Phi) is 11.4. The molecule has 0 spiro atoms. The molecule has 6 nitrogen and oxygen atoms in total. The van der Waals surface area contributed by atoms with Crippen molar-refractivity contribution in [3.8, 4) is 0 Å². The van der Waals surface area contributed by atoms with E-state index < -0.39 is 0 Å². The van der Waals surface area contributed by atoms with Gasteiger partial charge in [-0.05, 0) is 50.4 Å². The SMILES string of the molecule is CN=C(NCCCN1CCCCC1C)NCc1ccc(C(=O)N(C)C)cc1.I. The molecule has 1 fully saturated rings. The van der Waals surface area contributed by atoms with E-state index in [0.29, 0.717) is 12.1 Å². The van der Waals surface area contributed by atoms with E-state index in [1.807, 2.05) is 24.3 Å². The first-order valence-electron chi connectivity index (χ1n) is 10.0. The molecule has 7 heteroatoms. The van der Waals surface area contributed by atoms with E-state index >= 15 is 0 Å². The van der Waals surface area contributed by atoms with Crippen LogP contribution < -0.4 is 10.6 Å². The number of carbonyl (C=O) groups excluding carboxylic acids is 1. The van der Waals surface area contributed by atoms with E-state index in [4.69, 9.17) is 0 Å². The normalized spacial score (nSPS) is 17.6. The molecular formula is C21H36IN5O. The molecule has 0 aliphatic carbocycles. The zero-order chi connectivity index (χ0) is 19.6. The smallest absolute Gasteiger partial charge is 0.253 e. The molecule has 158 valence electrons. The lowest BCUT2D eigenvalue weighted by Crippen LogP contribution is -2.41. The number of nitrogens with one attached hydrogen (secondary N) is 2. The van der Waals surface area contributed by atoms with Crippen LogP contribution in [0.4, 0.5) is 0 Å². The first kappa shape index (κ1) is 24.7. The molecular weight excluding hydrogens is 465 g/mol. The molecule has 1 aromatic rings. The van der Waals surface area contributed by atoms with Crippen molar-refractivity contribution in [2.75, 3.05) is 40.8 Å². The van der Waals surface area contributed by atoms with Crippen molar-refractivity contribution in [1.82, 2.24) is 20.4 Å². The van der Waals surface area contributed by atoms with Gasteiger partial charge in [-0.25, -0.2) is 0 Å². The summed E-state index contributed by atoms with van der Waals surface area (Å²) in [5.41, 5.74) is 1.83. The molecule has 1 aromatic carbocycles. The van der Waals surface area contributed by atoms with Crippen LogP contribution in [-0.2, 0) is 6.54 Å². The van der Waals surface area contributed by atoms with Gasteiger partial charge >= 0.3 is 0 Å². The minimum absolute atomic E-state index is 0. The summed E-state index contributed by atoms with van der Waals surface area (Å²) in [6, 6.07) is 8.42. The van der Waals surface area contributed by atoms with Crippen molar-refractivity contribution < 1.29 is 4.79 Å². The van der Waals surface area contributed by atoms with Crippen LogP contribution in [0.25, 0.3) is 0 Å². The third-order valence-corrected chi connectivity index (χ3v) is 5.15. The average Bonchev–Trinajstić information content (AvgIpc) is 2.68. The summed E-state index contributed by atoms with van der Waals surface area (Å²) >= 11 is 0. The number of halogens is 1. The minimum atomic E-state index is 0. The Hall–Kier alpha value is -1.35. The first-order chi connectivity index (χ1) is 13.0. The van der Waals surface area contributed by atoms with Gasteiger partial charge in [-0.1, -0.05) is 18.6 Å². The summed E-state index contributed by atoms with van der Waals surface area (Å²) in [6.07, 6.45) is 5.15. The molecule has 2 rings (SSSR count). The average molecular weight is 501 g/mol. The Balaban J connectivity index is 0.00000392. The van der Waals surface area contributed by atoms with Crippen molar-refractivity contribution in [1.29, 1.82) is 0 Å². The lowest BCUT2D eigenvalue weighted by Gasteiger charge is -2.33. The second-order valence-electron chi connectivity index (χ2n) is 7.48. The highest BCUT2D eigenvalue weighted by molar-refractivity contribution is 14.0. The van der Waals surface area contributed by atoms with Crippen molar-refractivity contribution in [2.45, 2.75) is 45.2 Å². The largest absolute Gasteiger partial charge is 0.356 e. The number of benzene rings is 1. The summed E-state index contributed by atoms with van der Waals surface area (Å²) in [6.45, 7) is 6.32. The Morgan fingerprint density at radius 1 is 1.21 bits per heavy atom. The zero-order valence-electron chi connectivity index (χ0n) is 17.7. The fourth-order valence-electron chi connectivity index (χ4n) is 3.41. The molecule has 0 radical (unpaired) electrons. The monoisotopic (exact) mass is 501 g/mol. The number of hydrogen-bond donors (Lipinski definition) is 2. The highest BCUT2D eigenvalue weighted by Gasteiger charge is 2.17. The zero-order valence-corrected chi connectivity index (χ0v) is 20.0. The van der Waals surface area contributed by atoms with Crippen LogP contribution in [0.1, 0.15) is 48.5 Å². The molecule has 2 N–H and O–H groups in total. The Labute approximate surface area is 187 Å². The van der Waals surface area contributed by atoms with Gasteiger partial charge in [-0.3, -0.25) is 9.79 Å². The topological polar surface area (TPSA) is 60.0 Å². The summed E-state index contributed by atoms with van der Waals surface area (Å²) in [5.74, 6) is 0.838. The van der Waals surface area contributed by atoms with E-state index in [1.54, 1.807) is 26.0 Å². The molecule has 1 heterocycles. The van der Waals surface area contributed by atoms with E-state index in [2.05, 4.69) is 27.4 Å². The molecule has 1 atom stereocenters. The van der Waals surface area contributed by atoms with Crippen LogP contribution in [-0.4, -0.2) is 68.5 Å². The van der Waals surface area contributed by atoms with Crippen molar-refractivity contribution >= 4 is 35.8 Å². The number of likely N-dealkylation sites (tertiary alicyclic amines) is 1. The fourth-order valence-corrected chi connectivity index (χ4v) is 3.41. The highest BCUT2D eigenvalue weighted by Crippen LogP contribution is 2.16. The Morgan fingerprint density at radius 3 is 2.54 bits per heavy atom. The lowest BCUT2D eigenvalue weighted by atomic mass is 10.0. The second-order valence-corrected chi connectivity index (χ2v) is 7.48. The molecule has 1 aliphatic rings. The number of hydrogen-bond acceptors (Lipinski definition) is 3. The predicted octanol–water partition coefficient (Wildman–Crippen LogP) is 2.94. The maximum absolute atomic E-state index is 11.9. The van der Waals surface area contributed by atoms with Crippen molar-refractivity contribution in [2.24, 2.45) is 4.99 Å². The number of rotatable bonds is 7. The van der Waals surface area contributed by atoms with Gasteiger partial charge in [0.25, 0.3) is 5.91 Å². The minimum Gasteiger partial charge on any atom is -0.356 e. The van der Waals surface area contributed by atoms with Crippen molar-refractivity contribution in [3.63, 3.8) is 0 Å². The van der Waals surface area contributed by atoms with Gasteiger partial charge in [0, 0.05) is 52.4 Å². The van der Waals surface area contributed by atoms with Crippen molar-refractivity contribution in [3.05, 3.63) is 35.4 Å². The standard InChI is InChI=1S/C21H35N5O.HI/c1-17-8-5-6-14-26(17)15-7-13-23-21(22-2)24-16-18-9-11-19(12-10-18)20(27)25(3)4;/h9-12,17H,5-8,13-16H2,1-4H3,(H2,22,23,24);1H. The van der Waals surface area contributed by atoms with Gasteiger partial charge in [0.1, 0.15) is 0 Å².